The van der Waals surface area contributed by atoms with Crippen LogP contribution in [-0.4, -0.2) is 44.1 Å². The number of aryl methyl sites for hydroxylation is 1. The summed E-state index contributed by atoms with van der Waals surface area (Å²) in [6.45, 7) is 3.00. The van der Waals surface area contributed by atoms with Gasteiger partial charge in [-0.3, -0.25) is 9.88 Å². The second kappa shape index (κ2) is 6.18. The molecular formula is C17H20N6O. The van der Waals surface area contributed by atoms with E-state index < -0.39 is 0 Å². The first-order chi connectivity index (χ1) is 11.7. The van der Waals surface area contributed by atoms with Gasteiger partial charge < -0.3 is 15.0 Å². The zero-order valence-corrected chi connectivity index (χ0v) is 13.6. The molecule has 0 amide bonds. The number of nitrogens with zero attached hydrogens (tertiary/aromatic N) is 5. The molecule has 1 fully saturated rings. The van der Waals surface area contributed by atoms with E-state index in [4.69, 9.17) is 15.5 Å². The van der Waals surface area contributed by atoms with Crippen molar-refractivity contribution in [3.8, 4) is 0 Å². The minimum absolute atomic E-state index is 0.151. The fourth-order valence-corrected chi connectivity index (χ4v) is 3.16. The van der Waals surface area contributed by atoms with E-state index in [0.717, 1.165) is 36.5 Å². The van der Waals surface area contributed by atoms with E-state index in [2.05, 4.69) is 32.5 Å². The number of rotatable bonds is 3. The predicted octanol–water partition coefficient (Wildman–Crippen LogP) is 1.52. The normalized spacial score (nSPS) is 19.0. The Balaban J connectivity index is 1.54. The largest absolute Gasteiger partial charge is 0.382 e. The third-order valence-electron chi connectivity index (χ3n) is 4.46. The zero-order valence-electron chi connectivity index (χ0n) is 13.6. The highest BCUT2D eigenvalue weighted by Crippen LogP contribution is 2.25. The molecule has 0 saturated carbocycles. The van der Waals surface area contributed by atoms with Gasteiger partial charge in [-0.2, -0.15) is 0 Å². The Hall–Kier alpha value is -2.51. The minimum atomic E-state index is -0.151. The van der Waals surface area contributed by atoms with Gasteiger partial charge in [-0.05, 0) is 12.1 Å². The summed E-state index contributed by atoms with van der Waals surface area (Å²) in [5.74, 6) is 1.48. The topological polar surface area (TPSA) is 82.1 Å². The van der Waals surface area contributed by atoms with E-state index in [-0.39, 0.29) is 6.10 Å². The monoisotopic (exact) mass is 324 g/mol. The van der Waals surface area contributed by atoms with E-state index in [9.17, 15) is 0 Å². The molecular weight excluding hydrogens is 304 g/mol. The summed E-state index contributed by atoms with van der Waals surface area (Å²) in [7, 11) is 2.06. The molecule has 1 aromatic carbocycles. The zero-order chi connectivity index (χ0) is 16.5. The van der Waals surface area contributed by atoms with Crippen molar-refractivity contribution in [2.24, 2.45) is 7.05 Å². The van der Waals surface area contributed by atoms with Gasteiger partial charge in [0.05, 0.1) is 24.2 Å². The molecule has 124 valence electrons. The van der Waals surface area contributed by atoms with Crippen LogP contribution in [-0.2, 0) is 18.3 Å². The predicted molar refractivity (Wildman–Crippen MR) is 91.1 cm³/mol. The van der Waals surface area contributed by atoms with Gasteiger partial charge in [-0.1, -0.05) is 12.1 Å². The van der Waals surface area contributed by atoms with Crippen LogP contribution in [0.3, 0.4) is 0 Å². The molecule has 0 bridgehead atoms. The molecule has 3 heterocycles. The van der Waals surface area contributed by atoms with Crippen molar-refractivity contribution in [1.82, 2.24) is 24.4 Å². The highest BCUT2D eigenvalue weighted by molar-refractivity contribution is 5.75. The van der Waals surface area contributed by atoms with Crippen LogP contribution in [0.1, 0.15) is 17.6 Å². The third kappa shape index (κ3) is 2.72. The van der Waals surface area contributed by atoms with Crippen molar-refractivity contribution < 1.29 is 4.74 Å². The molecule has 0 aliphatic carbocycles. The highest BCUT2D eigenvalue weighted by Gasteiger charge is 2.26. The van der Waals surface area contributed by atoms with E-state index in [1.165, 1.54) is 0 Å². The maximum Gasteiger partial charge on any atom is 0.147 e. The molecule has 1 saturated heterocycles. The maximum atomic E-state index is 5.94. The lowest BCUT2D eigenvalue weighted by molar-refractivity contribution is -0.0356. The van der Waals surface area contributed by atoms with Crippen molar-refractivity contribution in [2.45, 2.75) is 12.6 Å². The first kappa shape index (κ1) is 15.0. The number of anilines is 1. The molecule has 24 heavy (non-hydrogen) atoms. The summed E-state index contributed by atoms with van der Waals surface area (Å²) in [5.41, 5.74) is 8.83. The fraction of sp³-hybridized carbons (Fsp3) is 0.353. The molecule has 2 N–H and O–H groups in total. The number of fused-ring (bicyclic) bond motifs is 1. The Kier molecular flexibility index (Phi) is 3.87. The number of para-hydroxylation sites is 2. The third-order valence-corrected chi connectivity index (χ3v) is 4.46. The quantitative estimate of drug-likeness (QED) is 0.786. The molecule has 3 aromatic rings. The second-order valence-electron chi connectivity index (χ2n) is 6.00. The maximum absolute atomic E-state index is 5.94. The van der Waals surface area contributed by atoms with E-state index in [1.807, 2.05) is 18.2 Å². The first-order valence-electron chi connectivity index (χ1n) is 8.03. The van der Waals surface area contributed by atoms with Crippen molar-refractivity contribution >= 4 is 16.9 Å². The van der Waals surface area contributed by atoms with Gasteiger partial charge in [-0.15, -0.1) is 0 Å². The Morgan fingerprint density at radius 2 is 2.08 bits per heavy atom. The lowest BCUT2D eigenvalue weighted by atomic mass is 10.2. The lowest BCUT2D eigenvalue weighted by Crippen LogP contribution is -2.39. The molecule has 1 aliphatic rings. The van der Waals surface area contributed by atoms with Crippen molar-refractivity contribution in [3.63, 3.8) is 0 Å². The summed E-state index contributed by atoms with van der Waals surface area (Å²) in [6.07, 6.45) is 3.10. The molecule has 1 atom stereocenters. The molecule has 0 unspecified atom stereocenters. The molecule has 4 rings (SSSR count). The smallest absolute Gasteiger partial charge is 0.147 e. The SMILES string of the molecule is Cn1c(CN2CCO[C@H](c3nccnc3N)C2)nc2ccccc21. The average Bonchev–Trinajstić information content (AvgIpc) is 2.92. The molecule has 0 spiro atoms. The lowest BCUT2D eigenvalue weighted by Gasteiger charge is -2.32. The minimum Gasteiger partial charge on any atom is -0.382 e. The summed E-state index contributed by atoms with van der Waals surface area (Å²) in [5, 5.41) is 0. The van der Waals surface area contributed by atoms with Gasteiger partial charge in [0.15, 0.2) is 0 Å². The number of hydrogen-bond acceptors (Lipinski definition) is 6. The molecule has 0 radical (unpaired) electrons. The number of nitrogen functional groups attached to an aromatic ring is 1. The van der Waals surface area contributed by atoms with Gasteiger partial charge in [0.2, 0.25) is 0 Å². The standard InChI is InChI=1S/C17H20N6O/c1-22-13-5-3-2-4-12(13)21-15(22)11-23-8-9-24-14(10-23)16-17(18)20-7-6-19-16/h2-7,14H,8-11H2,1H3,(H2,18,20)/t14-/m0/s1. The van der Waals surface area contributed by atoms with Crippen LogP contribution < -0.4 is 5.73 Å². The first-order valence-corrected chi connectivity index (χ1v) is 8.03. The summed E-state index contributed by atoms with van der Waals surface area (Å²) < 4.78 is 8.00. The average molecular weight is 324 g/mol. The molecule has 7 heteroatoms. The van der Waals surface area contributed by atoms with E-state index >= 15 is 0 Å². The van der Waals surface area contributed by atoms with Gasteiger partial charge in [0, 0.05) is 32.5 Å². The van der Waals surface area contributed by atoms with Crippen LogP contribution in [0.15, 0.2) is 36.7 Å². The Morgan fingerprint density at radius 3 is 2.92 bits per heavy atom. The van der Waals surface area contributed by atoms with Crippen LogP contribution >= 0.6 is 0 Å². The van der Waals surface area contributed by atoms with Crippen molar-refractivity contribution in [1.29, 1.82) is 0 Å². The van der Waals surface area contributed by atoms with Gasteiger partial charge in [0.25, 0.3) is 0 Å². The number of nitrogens with two attached hydrogens (primary N) is 1. The van der Waals surface area contributed by atoms with Crippen molar-refractivity contribution in [3.05, 3.63) is 48.2 Å². The number of ether oxygens (including phenoxy) is 1. The van der Waals surface area contributed by atoms with Gasteiger partial charge >= 0.3 is 0 Å². The summed E-state index contributed by atoms with van der Waals surface area (Å²) >= 11 is 0. The fourth-order valence-electron chi connectivity index (χ4n) is 3.16. The summed E-state index contributed by atoms with van der Waals surface area (Å²) in [6, 6.07) is 8.19. The van der Waals surface area contributed by atoms with E-state index in [1.54, 1.807) is 12.4 Å². The Labute approximate surface area is 140 Å². The van der Waals surface area contributed by atoms with Gasteiger partial charge in [-0.25, -0.2) is 9.97 Å². The molecule has 7 nitrogen and oxygen atoms in total. The Morgan fingerprint density at radius 1 is 1.25 bits per heavy atom. The number of morpholine rings is 1. The number of imidazole rings is 1. The van der Waals surface area contributed by atoms with Crippen LogP contribution in [0.25, 0.3) is 11.0 Å². The van der Waals surface area contributed by atoms with Crippen LogP contribution in [0, 0.1) is 0 Å². The molecule has 1 aliphatic heterocycles. The van der Waals surface area contributed by atoms with Gasteiger partial charge in [0.1, 0.15) is 23.4 Å². The second-order valence-corrected chi connectivity index (χ2v) is 6.00. The van der Waals surface area contributed by atoms with Crippen LogP contribution in [0.5, 0.6) is 0 Å². The highest BCUT2D eigenvalue weighted by atomic mass is 16.5. The number of aromatic nitrogens is 4. The molecule has 2 aromatic heterocycles. The number of hydrogen-bond donors (Lipinski definition) is 1. The van der Waals surface area contributed by atoms with Crippen LogP contribution in [0.4, 0.5) is 5.82 Å². The Bertz CT molecular complexity index is 861. The van der Waals surface area contributed by atoms with Crippen LogP contribution in [0.2, 0.25) is 0 Å². The number of benzene rings is 1. The van der Waals surface area contributed by atoms with E-state index in [0.29, 0.717) is 18.1 Å². The van der Waals surface area contributed by atoms with Crippen molar-refractivity contribution in [2.75, 3.05) is 25.4 Å². The summed E-state index contributed by atoms with van der Waals surface area (Å²) in [4.78, 5) is 15.5.